The van der Waals surface area contributed by atoms with E-state index in [0.717, 1.165) is 0 Å². The lowest BCUT2D eigenvalue weighted by atomic mass is 10.1. The van der Waals surface area contributed by atoms with E-state index in [1.54, 1.807) is 4.90 Å². The fraction of sp³-hybridized carbons (Fsp3) is 0.800. The van der Waals surface area contributed by atoms with E-state index in [1.165, 1.54) is 0 Å². The summed E-state index contributed by atoms with van der Waals surface area (Å²) in [5, 5.41) is 17.9. The van der Waals surface area contributed by atoms with Gasteiger partial charge in [-0.15, -0.1) is 22.5 Å². The van der Waals surface area contributed by atoms with Crippen molar-refractivity contribution >= 4 is 24.3 Å². The van der Waals surface area contributed by atoms with Crippen molar-refractivity contribution in [1.82, 2.24) is 4.90 Å². The van der Waals surface area contributed by atoms with Crippen LogP contribution in [-0.4, -0.2) is 52.2 Å². The Kier molecular flexibility index (Phi) is 7.85. The molecule has 0 aromatic heterocycles. The largest absolute Gasteiger partial charge is 0.480 e. The van der Waals surface area contributed by atoms with Crippen LogP contribution in [0.2, 0.25) is 0 Å². The maximum atomic E-state index is 11.8. The van der Waals surface area contributed by atoms with Crippen molar-refractivity contribution in [3.63, 3.8) is 0 Å². The van der Waals surface area contributed by atoms with Crippen LogP contribution in [0.25, 0.3) is 0 Å². The molecule has 9 nitrogen and oxygen atoms in total. The molecule has 1 amide bonds. The highest BCUT2D eigenvalue weighted by Gasteiger charge is 2.25. The van der Waals surface area contributed by atoms with Crippen LogP contribution in [0.3, 0.4) is 0 Å². The normalized spacial score (nSPS) is 16.9. The molecule has 3 N–H and O–H groups in total. The molecule has 1 aliphatic heterocycles. The molecule has 1 rings (SSSR count). The topological polar surface area (TPSA) is 136 Å². The number of piperidine rings is 1. The lowest BCUT2D eigenvalue weighted by Gasteiger charge is -2.30. The highest BCUT2D eigenvalue weighted by molar-refractivity contribution is 5.85. The molecule has 116 valence electrons. The number of rotatable bonds is 6. The minimum atomic E-state index is -1.13. The zero-order valence-electron chi connectivity index (χ0n) is 10.8. The van der Waals surface area contributed by atoms with E-state index in [-0.39, 0.29) is 31.2 Å². The number of likely N-dealkylation sites (tertiary alicyclic amines) is 1. The van der Waals surface area contributed by atoms with E-state index in [0.29, 0.717) is 25.9 Å². The van der Waals surface area contributed by atoms with E-state index in [2.05, 4.69) is 4.84 Å². The Morgan fingerprint density at radius 2 is 2.00 bits per heavy atom. The van der Waals surface area contributed by atoms with Crippen LogP contribution in [0.15, 0.2) is 0 Å². The van der Waals surface area contributed by atoms with Gasteiger partial charge in [0.1, 0.15) is 12.1 Å². The van der Waals surface area contributed by atoms with Gasteiger partial charge in [-0.2, -0.15) is 0 Å². The third kappa shape index (κ3) is 6.02. The fourth-order valence-corrected chi connectivity index (χ4v) is 1.89. The highest BCUT2D eigenvalue weighted by Crippen LogP contribution is 2.15. The summed E-state index contributed by atoms with van der Waals surface area (Å²) in [4.78, 5) is 38.4. The number of aliphatic carboxylic acids is 1. The Bertz CT molecular complexity index is 359. The highest BCUT2D eigenvalue weighted by atomic mass is 35.5. The molecule has 1 fully saturated rings. The van der Waals surface area contributed by atoms with Crippen LogP contribution in [0, 0.1) is 10.1 Å². The smallest absolute Gasteiger partial charge is 0.320 e. The molecule has 0 spiro atoms. The number of amides is 1. The minimum absolute atomic E-state index is 0. The quantitative estimate of drug-likeness (QED) is 0.512. The second-order valence-corrected chi connectivity index (χ2v) is 4.39. The van der Waals surface area contributed by atoms with E-state index in [9.17, 15) is 19.7 Å². The Balaban J connectivity index is 0.00000361. The van der Waals surface area contributed by atoms with Gasteiger partial charge in [-0.05, 0) is 19.3 Å². The third-order valence-corrected chi connectivity index (χ3v) is 3.02. The van der Waals surface area contributed by atoms with Gasteiger partial charge in [0.25, 0.3) is 5.09 Å². The zero-order chi connectivity index (χ0) is 14.4. The molecule has 10 heteroatoms. The summed E-state index contributed by atoms with van der Waals surface area (Å²) in [6.07, 6.45) is 0.476. The predicted octanol–water partition coefficient (Wildman–Crippen LogP) is -0.200. The van der Waals surface area contributed by atoms with E-state index in [1.807, 2.05) is 0 Å². The average Bonchev–Trinajstić information content (AvgIpc) is 2.35. The number of halogens is 1. The second kappa shape index (κ2) is 8.54. The number of nitrogens with zero attached hydrogens (tertiary/aromatic N) is 2. The Morgan fingerprint density at radius 3 is 2.45 bits per heavy atom. The molecular weight excluding hydrogens is 294 g/mol. The molecule has 1 atom stereocenters. The van der Waals surface area contributed by atoms with Crippen molar-refractivity contribution in [3.8, 4) is 0 Å². The monoisotopic (exact) mass is 311 g/mol. The lowest BCUT2D eigenvalue weighted by molar-refractivity contribution is -0.769. The molecule has 20 heavy (non-hydrogen) atoms. The van der Waals surface area contributed by atoms with Crippen LogP contribution in [0.1, 0.15) is 25.7 Å². The van der Waals surface area contributed by atoms with Crippen molar-refractivity contribution in [2.45, 2.75) is 37.8 Å². The first-order valence-electron chi connectivity index (χ1n) is 5.97. The first kappa shape index (κ1) is 18.4. The number of hydrogen-bond acceptors (Lipinski definition) is 6. The van der Waals surface area contributed by atoms with Crippen molar-refractivity contribution in [3.05, 3.63) is 10.1 Å². The third-order valence-electron chi connectivity index (χ3n) is 3.02. The molecule has 0 bridgehead atoms. The summed E-state index contributed by atoms with van der Waals surface area (Å²) >= 11 is 0. The van der Waals surface area contributed by atoms with Crippen LogP contribution < -0.4 is 5.73 Å². The summed E-state index contributed by atoms with van der Waals surface area (Å²) in [6.45, 7) is 0.749. The van der Waals surface area contributed by atoms with Gasteiger partial charge in [-0.1, -0.05) is 0 Å². The number of carboxylic acids is 1. The number of hydrogen-bond donors (Lipinski definition) is 2. The summed E-state index contributed by atoms with van der Waals surface area (Å²) in [5.74, 6) is -1.32. The molecule has 0 aromatic rings. The van der Waals surface area contributed by atoms with Gasteiger partial charge in [-0.3, -0.25) is 9.59 Å². The second-order valence-electron chi connectivity index (χ2n) is 4.39. The van der Waals surface area contributed by atoms with Gasteiger partial charge in [0.05, 0.1) is 0 Å². The van der Waals surface area contributed by atoms with Crippen LogP contribution in [0.5, 0.6) is 0 Å². The van der Waals surface area contributed by atoms with Crippen molar-refractivity contribution < 1.29 is 24.6 Å². The first-order chi connectivity index (χ1) is 8.90. The molecular formula is C10H18ClN3O6. The molecule has 0 saturated carbocycles. The van der Waals surface area contributed by atoms with Crippen molar-refractivity contribution in [2.75, 3.05) is 13.1 Å². The molecule has 0 aromatic carbocycles. The van der Waals surface area contributed by atoms with E-state index >= 15 is 0 Å². The molecule has 1 saturated heterocycles. The standard InChI is InChI=1S/C10H17N3O6.ClH/c11-8(10(15)16)1-2-9(14)12-5-3-7(4-6-12)19-13(17)18;/h7-8H,1-6,11H2,(H,15,16);1H/t8-;/m0./s1. The average molecular weight is 312 g/mol. The Labute approximate surface area is 121 Å². The maximum Gasteiger partial charge on any atom is 0.320 e. The number of nitrogens with two attached hydrogens (primary N) is 1. The summed E-state index contributed by atoms with van der Waals surface area (Å²) in [6, 6.07) is -1.04. The van der Waals surface area contributed by atoms with Gasteiger partial charge in [0.15, 0.2) is 0 Å². The number of carbonyl (C=O) groups excluding carboxylic acids is 1. The maximum absolute atomic E-state index is 11.8. The Hall–Kier alpha value is -1.61. The van der Waals surface area contributed by atoms with Gasteiger partial charge < -0.3 is 20.6 Å². The van der Waals surface area contributed by atoms with Crippen molar-refractivity contribution in [2.24, 2.45) is 5.73 Å². The molecule has 0 radical (unpaired) electrons. The van der Waals surface area contributed by atoms with Gasteiger partial charge in [-0.25, -0.2) is 0 Å². The summed E-state index contributed by atoms with van der Waals surface area (Å²) < 4.78 is 0. The number of carboxylic acid groups (broad SMARTS) is 1. The summed E-state index contributed by atoms with van der Waals surface area (Å²) in [7, 11) is 0. The van der Waals surface area contributed by atoms with Gasteiger partial charge in [0, 0.05) is 19.5 Å². The van der Waals surface area contributed by atoms with E-state index in [4.69, 9.17) is 10.8 Å². The molecule has 0 aliphatic carbocycles. The van der Waals surface area contributed by atoms with Crippen molar-refractivity contribution in [1.29, 1.82) is 0 Å². The predicted molar refractivity (Wildman–Crippen MR) is 69.8 cm³/mol. The number of carbonyl (C=O) groups is 2. The van der Waals surface area contributed by atoms with Gasteiger partial charge in [0.2, 0.25) is 5.91 Å². The van der Waals surface area contributed by atoms with Crippen LogP contribution in [-0.2, 0) is 14.4 Å². The minimum Gasteiger partial charge on any atom is -0.480 e. The lowest BCUT2D eigenvalue weighted by Crippen LogP contribution is -2.42. The zero-order valence-corrected chi connectivity index (χ0v) is 11.6. The Morgan fingerprint density at radius 1 is 1.45 bits per heavy atom. The van der Waals surface area contributed by atoms with E-state index < -0.39 is 23.2 Å². The SMILES string of the molecule is Cl.N[C@@H](CCC(=O)N1CCC(O[N+](=O)[O-])CC1)C(=O)O. The van der Waals surface area contributed by atoms with Crippen LogP contribution in [0.4, 0.5) is 0 Å². The molecule has 1 aliphatic rings. The molecule has 0 unspecified atom stereocenters. The molecule has 1 heterocycles. The first-order valence-corrected chi connectivity index (χ1v) is 5.97. The van der Waals surface area contributed by atoms with Gasteiger partial charge >= 0.3 is 5.97 Å². The summed E-state index contributed by atoms with van der Waals surface area (Å²) in [5.41, 5.74) is 5.31. The van der Waals surface area contributed by atoms with Crippen LogP contribution >= 0.6 is 12.4 Å². The fourth-order valence-electron chi connectivity index (χ4n) is 1.89.